The fourth-order valence-corrected chi connectivity index (χ4v) is 2.74. The van der Waals surface area contributed by atoms with Gasteiger partial charge in [0.2, 0.25) is 0 Å². The molecular formula is C12H20N2O4. The number of likely N-dealkylation sites (tertiary alicyclic amines) is 1. The minimum absolute atomic E-state index is 0.00843. The van der Waals surface area contributed by atoms with Crippen LogP contribution >= 0.6 is 0 Å². The van der Waals surface area contributed by atoms with E-state index < -0.39 is 12.0 Å². The molecule has 0 aromatic rings. The third-order valence-electron chi connectivity index (χ3n) is 3.61. The summed E-state index contributed by atoms with van der Waals surface area (Å²) in [5.74, 6) is -0.519. The summed E-state index contributed by atoms with van der Waals surface area (Å²) in [4.78, 5) is 24.6. The maximum Gasteiger partial charge on any atom is 0.410 e. The normalized spacial score (nSPS) is 30.6. The van der Waals surface area contributed by atoms with Crippen molar-refractivity contribution < 1.29 is 19.4 Å². The van der Waals surface area contributed by atoms with Gasteiger partial charge in [-0.2, -0.15) is 0 Å². The first-order valence-electron chi connectivity index (χ1n) is 6.40. The highest BCUT2D eigenvalue weighted by atomic mass is 16.6. The smallest absolute Gasteiger partial charge is 0.410 e. The molecule has 0 aliphatic carbocycles. The lowest BCUT2D eigenvalue weighted by molar-refractivity contribution is -0.140. The summed E-state index contributed by atoms with van der Waals surface area (Å²) in [6.45, 7) is 5.51. The number of rotatable bonds is 3. The predicted molar refractivity (Wildman–Crippen MR) is 64.2 cm³/mol. The highest BCUT2D eigenvalue weighted by Crippen LogP contribution is 2.31. The first-order valence-corrected chi connectivity index (χ1v) is 6.40. The molecule has 0 saturated carbocycles. The standard InChI is InChI=1S/C12H20N2O4/c1-7(2)6-18-12(17)14-4-3-8-9(14)5-13-10(8)11(15)16/h7-10,13H,3-6H2,1-2H3,(H,15,16). The minimum Gasteiger partial charge on any atom is -0.480 e. The van der Waals surface area contributed by atoms with Gasteiger partial charge in [-0.15, -0.1) is 0 Å². The molecule has 2 heterocycles. The number of carboxylic acid groups (broad SMARTS) is 1. The number of carboxylic acids is 1. The number of hydrogen-bond donors (Lipinski definition) is 2. The van der Waals surface area contributed by atoms with Crippen LogP contribution in [0.25, 0.3) is 0 Å². The summed E-state index contributed by atoms with van der Waals surface area (Å²) in [6.07, 6.45) is 0.412. The van der Waals surface area contributed by atoms with Gasteiger partial charge in [-0.05, 0) is 12.3 Å². The quantitative estimate of drug-likeness (QED) is 0.770. The number of aliphatic carboxylic acids is 1. The van der Waals surface area contributed by atoms with E-state index in [2.05, 4.69) is 5.32 Å². The van der Waals surface area contributed by atoms with Gasteiger partial charge in [0.15, 0.2) is 0 Å². The van der Waals surface area contributed by atoms with E-state index in [0.717, 1.165) is 6.42 Å². The number of ether oxygens (including phenoxy) is 1. The van der Waals surface area contributed by atoms with Crippen LogP contribution in [0.4, 0.5) is 4.79 Å². The molecule has 6 nitrogen and oxygen atoms in total. The first-order chi connectivity index (χ1) is 8.50. The number of amides is 1. The van der Waals surface area contributed by atoms with Crippen molar-refractivity contribution in [2.75, 3.05) is 19.7 Å². The summed E-state index contributed by atoms with van der Waals surface area (Å²) < 4.78 is 5.20. The van der Waals surface area contributed by atoms with Gasteiger partial charge in [0.25, 0.3) is 0 Å². The monoisotopic (exact) mass is 256 g/mol. The van der Waals surface area contributed by atoms with E-state index in [1.807, 2.05) is 13.8 Å². The van der Waals surface area contributed by atoms with Gasteiger partial charge >= 0.3 is 12.1 Å². The second-order valence-corrected chi connectivity index (χ2v) is 5.41. The molecule has 0 spiro atoms. The maximum absolute atomic E-state index is 11.9. The van der Waals surface area contributed by atoms with Crippen LogP contribution in [0.2, 0.25) is 0 Å². The molecule has 2 rings (SSSR count). The lowest BCUT2D eigenvalue weighted by Crippen LogP contribution is -2.39. The molecule has 2 N–H and O–H groups in total. The Labute approximate surface area is 106 Å². The zero-order chi connectivity index (χ0) is 13.3. The Morgan fingerprint density at radius 1 is 1.50 bits per heavy atom. The molecule has 3 atom stereocenters. The molecule has 2 aliphatic rings. The van der Waals surface area contributed by atoms with Crippen LogP contribution in [0.3, 0.4) is 0 Å². The Kier molecular flexibility index (Phi) is 3.75. The van der Waals surface area contributed by atoms with E-state index in [1.165, 1.54) is 0 Å². The third-order valence-corrected chi connectivity index (χ3v) is 3.61. The lowest BCUT2D eigenvalue weighted by atomic mass is 9.97. The highest BCUT2D eigenvalue weighted by molar-refractivity contribution is 5.75. The Morgan fingerprint density at radius 2 is 2.22 bits per heavy atom. The van der Waals surface area contributed by atoms with Gasteiger partial charge in [-0.25, -0.2) is 4.79 Å². The number of hydrogen-bond acceptors (Lipinski definition) is 4. The van der Waals surface area contributed by atoms with Crippen molar-refractivity contribution >= 4 is 12.1 Å². The maximum atomic E-state index is 11.9. The van der Waals surface area contributed by atoms with Crippen LogP contribution in [0.1, 0.15) is 20.3 Å². The van der Waals surface area contributed by atoms with Gasteiger partial charge < -0.3 is 20.1 Å². The fourth-order valence-electron chi connectivity index (χ4n) is 2.74. The van der Waals surface area contributed by atoms with Crippen molar-refractivity contribution in [3.05, 3.63) is 0 Å². The van der Waals surface area contributed by atoms with Crippen molar-refractivity contribution in [3.63, 3.8) is 0 Å². The molecular weight excluding hydrogens is 236 g/mol. The fraction of sp³-hybridized carbons (Fsp3) is 0.833. The van der Waals surface area contributed by atoms with Crippen molar-refractivity contribution in [2.24, 2.45) is 11.8 Å². The second-order valence-electron chi connectivity index (χ2n) is 5.41. The third kappa shape index (κ3) is 2.43. The van der Waals surface area contributed by atoms with Crippen molar-refractivity contribution in [3.8, 4) is 0 Å². The van der Waals surface area contributed by atoms with Gasteiger partial charge in [0, 0.05) is 19.0 Å². The van der Waals surface area contributed by atoms with E-state index in [4.69, 9.17) is 9.84 Å². The molecule has 0 aromatic heterocycles. The van der Waals surface area contributed by atoms with Gasteiger partial charge in [0.1, 0.15) is 6.04 Å². The number of carbonyl (C=O) groups excluding carboxylic acids is 1. The Balaban J connectivity index is 1.94. The lowest BCUT2D eigenvalue weighted by Gasteiger charge is -2.23. The van der Waals surface area contributed by atoms with Crippen LogP contribution in [-0.4, -0.2) is 53.8 Å². The van der Waals surface area contributed by atoms with Gasteiger partial charge in [0.05, 0.1) is 12.6 Å². The highest BCUT2D eigenvalue weighted by Gasteiger charge is 2.48. The van der Waals surface area contributed by atoms with Crippen LogP contribution in [-0.2, 0) is 9.53 Å². The SMILES string of the molecule is CC(C)COC(=O)N1CCC2C(C(=O)O)NCC21. The molecule has 2 fully saturated rings. The molecule has 102 valence electrons. The molecule has 0 aromatic carbocycles. The predicted octanol–water partition coefficient (Wildman–Crippen LogP) is 0.526. The molecule has 3 unspecified atom stereocenters. The Morgan fingerprint density at radius 3 is 2.83 bits per heavy atom. The topological polar surface area (TPSA) is 78.9 Å². The molecule has 6 heteroatoms. The summed E-state index contributed by atoms with van der Waals surface area (Å²) in [6, 6.07) is -0.566. The summed E-state index contributed by atoms with van der Waals surface area (Å²) >= 11 is 0. The molecule has 0 radical (unpaired) electrons. The molecule has 1 amide bonds. The van der Waals surface area contributed by atoms with Crippen molar-refractivity contribution in [1.82, 2.24) is 10.2 Å². The number of fused-ring (bicyclic) bond motifs is 1. The van der Waals surface area contributed by atoms with E-state index in [1.54, 1.807) is 4.90 Å². The summed E-state index contributed by atoms with van der Waals surface area (Å²) in [7, 11) is 0. The van der Waals surface area contributed by atoms with E-state index in [9.17, 15) is 9.59 Å². The van der Waals surface area contributed by atoms with Crippen molar-refractivity contribution in [1.29, 1.82) is 0 Å². The average Bonchev–Trinajstić information content (AvgIpc) is 2.85. The molecule has 2 aliphatic heterocycles. The summed E-state index contributed by atoms with van der Waals surface area (Å²) in [5, 5.41) is 12.0. The molecule has 0 bridgehead atoms. The second kappa shape index (κ2) is 5.14. The van der Waals surface area contributed by atoms with E-state index in [-0.39, 0.29) is 18.1 Å². The summed E-state index contributed by atoms with van der Waals surface area (Å²) in [5.41, 5.74) is 0. The zero-order valence-electron chi connectivity index (χ0n) is 10.8. The minimum atomic E-state index is -0.833. The van der Waals surface area contributed by atoms with Gasteiger partial charge in [-0.3, -0.25) is 4.79 Å². The van der Waals surface area contributed by atoms with E-state index >= 15 is 0 Å². The molecule has 18 heavy (non-hydrogen) atoms. The van der Waals surface area contributed by atoms with Crippen molar-refractivity contribution in [2.45, 2.75) is 32.4 Å². The number of carbonyl (C=O) groups is 2. The van der Waals surface area contributed by atoms with Gasteiger partial charge in [-0.1, -0.05) is 13.8 Å². The zero-order valence-corrected chi connectivity index (χ0v) is 10.8. The average molecular weight is 256 g/mol. The number of nitrogens with zero attached hydrogens (tertiary/aromatic N) is 1. The van der Waals surface area contributed by atoms with E-state index in [0.29, 0.717) is 25.6 Å². The first kappa shape index (κ1) is 13.1. The Hall–Kier alpha value is -1.30. The van der Waals surface area contributed by atoms with Crippen LogP contribution < -0.4 is 5.32 Å². The van der Waals surface area contributed by atoms with Crippen LogP contribution in [0.15, 0.2) is 0 Å². The van der Waals surface area contributed by atoms with Crippen LogP contribution in [0.5, 0.6) is 0 Å². The largest absolute Gasteiger partial charge is 0.480 e. The Bertz CT molecular complexity index is 345. The van der Waals surface area contributed by atoms with Crippen LogP contribution in [0, 0.1) is 11.8 Å². The number of nitrogens with one attached hydrogen (secondary N) is 1. The molecule has 2 saturated heterocycles.